The smallest absolute Gasteiger partial charge is 0.339 e. The maximum absolute atomic E-state index is 12.4. The van der Waals surface area contributed by atoms with Crippen LogP contribution in [0.2, 0.25) is 0 Å². The van der Waals surface area contributed by atoms with Crippen molar-refractivity contribution in [2.45, 2.75) is 23.8 Å². The zero-order valence-electron chi connectivity index (χ0n) is 12.0. The molecule has 0 amide bonds. The molecule has 0 saturated carbocycles. The van der Waals surface area contributed by atoms with Gasteiger partial charge in [-0.3, -0.25) is 0 Å². The molecule has 0 atom stereocenters. The molecule has 24 heavy (non-hydrogen) atoms. The predicted molar refractivity (Wildman–Crippen MR) is 88.0 cm³/mol. The summed E-state index contributed by atoms with van der Waals surface area (Å²) in [6, 6.07) is 9.77. The molecule has 0 fully saturated rings. The Balaban J connectivity index is 0.00000208. The molecule has 0 unspecified atom stereocenters. The lowest BCUT2D eigenvalue weighted by Gasteiger charge is -2.16. The molecule has 1 N–H and O–H groups in total. The van der Waals surface area contributed by atoms with Crippen LogP contribution in [0.25, 0.3) is 0 Å². The summed E-state index contributed by atoms with van der Waals surface area (Å²) in [5.41, 5.74) is 0.509. The lowest BCUT2D eigenvalue weighted by atomic mass is 10.2. The van der Waals surface area contributed by atoms with Crippen LogP contribution in [-0.2, 0) is 26.7 Å². The monoisotopic (exact) mass is 371 g/mol. The quantitative estimate of drug-likeness (QED) is 0.769. The van der Waals surface area contributed by atoms with Crippen molar-refractivity contribution < 1.29 is 25.8 Å². The normalized spacial score (nSPS) is 17.5. The molecule has 7 nitrogen and oxygen atoms in total. The minimum atomic E-state index is -4.16. The van der Waals surface area contributed by atoms with E-state index in [1.807, 2.05) is 0 Å². The van der Waals surface area contributed by atoms with Gasteiger partial charge in [0.1, 0.15) is 15.5 Å². The zero-order chi connectivity index (χ0) is 16.7. The Morgan fingerprint density at radius 1 is 1.08 bits per heavy atom. The Morgan fingerprint density at radius 3 is 2.54 bits per heavy atom. The van der Waals surface area contributed by atoms with E-state index in [-0.39, 0.29) is 35.3 Å². The van der Waals surface area contributed by atoms with Crippen LogP contribution >= 0.6 is 0 Å². The van der Waals surface area contributed by atoms with Gasteiger partial charge in [-0.25, -0.2) is 13.1 Å². The second-order valence-corrected chi connectivity index (χ2v) is 8.10. The molecule has 2 aromatic carbocycles. The van der Waals surface area contributed by atoms with Crippen LogP contribution in [-0.4, -0.2) is 23.9 Å². The van der Waals surface area contributed by atoms with Gasteiger partial charge in [0.25, 0.3) is 0 Å². The van der Waals surface area contributed by atoms with Crippen molar-refractivity contribution in [2.75, 3.05) is 7.11 Å². The van der Waals surface area contributed by atoms with Gasteiger partial charge in [0.05, 0.1) is 7.11 Å². The van der Waals surface area contributed by atoms with Crippen molar-refractivity contribution in [3.63, 3.8) is 0 Å². The number of fused-ring (bicyclic) bond motifs is 3. The van der Waals surface area contributed by atoms with Crippen LogP contribution in [0.4, 0.5) is 0 Å². The van der Waals surface area contributed by atoms with Crippen molar-refractivity contribution in [2.24, 2.45) is 0 Å². The van der Waals surface area contributed by atoms with E-state index in [1.165, 1.54) is 43.5 Å². The average Bonchev–Trinajstić information content (AvgIpc) is 2.52. The first-order chi connectivity index (χ1) is 10.8. The largest absolute Gasteiger partial charge is 0.497 e. The van der Waals surface area contributed by atoms with Gasteiger partial charge >= 0.3 is 10.1 Å². The van der Waals surface area contributed by atoms with Gasteiger partial charge in [-0.05, 0) is 29.8 Å². The summed E-state index contributed by atoms with van der Waals surface area (Å²) in [7, 11) is -6.72. The second-order valence-electron chi connectivity index (χ2n) is 4.82. The summed E-state index contributed by atoms with van der Waals surface area (Å²) in [6.07, 6.45) is 0. The van der Waals surface area contributed by atoms with E-state index in [2.05, 4.69) is 4.72 Å². The Morgan fingerprint density at radius 2 is 1.83 bits per heavy atom. The van der Waals surface area contributed by atoms with E-state index in [0.29, 0.717) is 5.56 Å². The fourth-order valence-electron chi connectivity index (χ4n) is 2.14. The highest BCUT2D eigenvalue weighted by Gasteiger charge is 2.27. The first-order valence-electron chi connectivity index (χ1n) is 6.53. The van der Waals surface area contributed by atoms with Gasteiger partial charge in [0, 0.05) is 12.6 Å². The van der Waals surface area contributed by atoms with Crippen LogP contribution in [0.5, 0.6) is 11.5 Å². The summed E-state index contributed by atoms with van der Waals surface area (Å²) in [5.74, 6) is -0.0379. The Kier molecular flexibility index (Phi) is 4.88. The van der Waals surface area contributed by atoms with Gasteiger partial charge in [0.15, 0.2) is 5.75 Å². The summed E-state index contributed by atoms with van der Waals surface area (Å²) >= 11 is 0. The molecule has 0 aromatic heterocycles. The van der Waals surface area contributed by atoms with E-state index in [4.69, 9.17) is 8.92 Å². The highest BCUT2D eigenvalue weighted by atomic mass is 32.2. The Hall–Kier alpha value is -2.10. The molecule has 0 aliphatic carbocycles. The van der Waals surface area contributed by atoms with E-state index >= 15 is 0 Å². The third kappa shape index (κ3) is 3.37. The molecule has 2 aromatic rings. The number of ether oxygens (including phenoxy) is 1. The number of rotatable bonds is 1. The number of sulfonamides is 1. The standard InChI is InChI=1S/C14H13NO6S2.CH4/c1-20-11-5-6-14-13(8-11)21-23(18,19)12-4-2-3-10(7-12)9-15-22(14,16)17;/h2-8,15H,9H2,1H3;1H4. The van der Waals surface area contributed by atoms with Crippen molar-refractivity contribution in [1.82, 2.24) is 4.72 Å². The summed E-state index contributed by atoms with van der Waals surface area (Å²) < 4.78 is 62.0. The summed E-state index contributed by atoms with van der Waals surface area (Å²) in [6.45, 7) is -0.0306. The third-order valence-corrected chi connectivity index (χ3v) is 5.96. The van der Waals surface area contributed by atoms with Crippen LogP contribution in [0.3, 0.4) is 0 Å². The molecule has 1 aliphatic rings. The highest BCUT2D eigenvalue weighted by Crippen LogP contribution is 2.32. The van der Waals surface area contributed by atoms with Gasteiger partial charge < -0.3 is 8.92 Å². The molecule has 1 aliphatic heterocycles. The van der Waals surface area contributed by atoms with E-state index in [0.717, 1.165) is 0 Å². The first kappa shape index (κ1) is 18.2. The van der Waals surface area contributed by atoms with Gasteiger partial charge in [-0.2, -0.15) is 8.42 Å². The lowest BCUT2D eigenvalue weighted by molar-refractivity contribution is 0.410. The molecular weight excluding hydrogens is 354 g/mol. The fourth-order valence-corrected chi connectivity index (χ4v) is 4.32. The first-order valence-corrected chi connectivity index (χ1v) is 9.42. The van der Waals surface area contributed by atoms with Crippen molar-refractivity contribution in [1.29, 1.82) is 0 Å². The molecular formula is C15H17NO6S2. The lowest BCUT2D eigenvalue weighted by Crippen LogP contribution is -2.25. The highest BCUT2D eigenvalue weighted by molar-refractivity contribution is 7.89. The molecule has 2 bridgehead atoms. The molecule has 9 heteroatoms. The minimum absolute atomic E-state index is 0. The van der Waals surface area contributed by atoms with Crippen molar-refractivity contribution >= 4 is 20.1 Å². The fraction of sp³-hybridized carbons (Fsp3) is 0.200. The number of nitrogens with one attached hydrogen (secondary N) is 1. The van der Waals surface area contributed by atoms with Gasteiger partial charge in [-0.1, -0.05) is 19.6 Å². The molecule has 130 valence electrons. The van der Waals surface area contributed by atoms with E-state index in [1.54, 1.807) is 6.07 Å². The molecule has 0 radical (unpaired) electrons. The van der Waals surface area contributed by atoms with Crippen LogP contribution < -0.4 is 13.6 Å². The molecule has 0 saturated heterocycles. The molecule has 0 spiro atoms. The predicted octanol–water partition coefficient (Wildman–Crippen LogP) is 1.89. The number of methoxy groups -OCH3 is 1. The number of hydrogen-bond acceptors (Lipinski definition) is 6. The van der Waals surface area contributed by atoms with Crippen LogP contribution in [0, 0.1) is 0 Å². The van der Waals surface area contributed by atoms with Gasteiger partial charge in [-0.15, -0.1) is 0 Å². The SMILES string of the molecule is C.COc1ccc2c(c1)OS(=O)(=O)c1cccc(c1)CNS2(=O)=O. The van der Waals surface area contributed by atoms with E-state index < -0.39 is 20.1 Å². The van der Waals surface area contributed by atoms with Crippen LogP contribution in [0.1, 0.15) is 13.0 Å². The summed E-state index contributed by atoms with van der Waals surface area (Å²) in [4.78, 5) is -0.322. The second kappa shape index (κ2) is 6.42. The van der Waals surface area contributed by atoms with Crippen molar-refractivity contribution in [3.05, 3.63) is 48.0 Å². The van der Waals surface area contributed by atoms with E-state index in [9.17, 15) is 16.8 Å². The van der Waals surface area contributed by atoms with Crippen molar-refractivity contribution in [3.8, 4) is 11.5 Å². The Labute approximate surface area is 141 Å². The van der Waals surface area contributed by atoms with Crippen LogP contribution in [0.15, 0.2) is 52.3 Å². The third-order valence-electron chi connectivity index (χ3n) is 3.29. The maximum atomic E-state index is 12.4. The topological polar surface area (TPSA) is 98.8 Å². The van der Waals surface area contributed by atoms with Gasteiger partial charge in [0.2, 0.25) is 10.0 Å². The minimum Gasteiger partial charge on any atom is -0.497 e. The summed E-state index contributed by atoms with van der Waals surface area (Å²) in [5, 5.41) is 0. The maximum Gasteiger partial charge on any atom is 0.339 e. The number of benzene rings is 2. The molecule has 1 heterocycles. The molecule has 3 rings (SSSR count). The number of hydrogen-bond donors (Lipinski definition) is 1. The average molecular weight is 371 g/mol. The zero-order valence-corrected chi connectivity index (χ0v) is 13.6. The Bertz CT molecular complexity index is 967.